The topological polar surface area (TPSA) is 83.0 Å². The Hall–Kier alpha value is -2.37. The minimum Gasteiger partial charge on any atom is -0.407 e. The van der Waals surface area contributed by atoms with Crippen molar-refractivity contribution in [3.05, 3.63) is 36.9 Å². The number of nitrogens with two attached hydrogens (primary N) is 1. The van der Waals surface area contributed by atoms with Gasteiger partial charge in [-0.3, -0.25) is 4.98 Å². The number of aromatic nitrogens is 3. The number of hydrogen-bond donors (Lipinski definition) is 1. The molecule has 0 saturated carbocycles. The lowest BCUT2D eigenvalue weighted by molar-refractivity contribution is 0.211. The Kier molecular flexibility index (Phi) is 2.32. The van der Waals surface area contributed by atoms with Gasteiger partial charge in [0, 0.05) is 6.20 Å². The average molecular weight is 204 g/mol. The number of nitrogens with zero attached hydrogens (tertiary/aromatic N) is 3. The van der Waals surface area contributed by atoms with Crippen LogP contribution in [0.3, 0.4) is 0 Å². The SMILES string of the molecule is NC(=O)Oc1cnn(-c2cccnc2)c1. The number of hydrogen-bond acceptors (Lipinski definition) is 4. The first kappa shape index (κ1) is 9.20. The summed E-state index contributed by atoms with van der Waals surface area (Å²) in [5.74, 6) is 0.298. The van der Waals surface area contributed by atoms with Crippen LogP contribution in [0.2, 0.25) is 0 Å². The van der Waals surface area contributed by atoms with Crippen molar-refractivity contribution in [2.75, 3.05) is 0 Å². The van der Waals surface area contributed by atoms with Crippen molar-refractivity contribution in [3.63, 3.8) is 0 Å². The summed E-state index contributed by atoms with van der Waals surface area (Å²) in [5, 5.41) is 3.98. The summed E-state index contributed by atoms with van der Waals surface area (Å²) in [6.45, 7) is 0. The number of amides is 1. The molecule has 1 amide bonds. The number of rotatable bonds is 2. The van der Waals surface area contributed by atoms with E-state index in [9.17, 15) is 4.79 Å². The van der Waals surface area contributed by atoms with E-state index in [-0.39, 0.29) is 0 Å². The minimum atomic E-state index is -0.860. The van der Waals surface area contributed by atoms with Crippen LogP contribution in [-0.4, -0.2) is 20.9 Å². The van der Waals surface area contributed by atoms with Gasteiger partial charge in [-0.25, -0.2) is 9.48 Å². The van der Waals surface area contributed by atoms with Crippen LogP contribution in [0.25, 0.3) is 5.69 Å². The lowest BCUT2D eigenvalue weighted by Gasteiger charge is -1.98. The molecule has 15 heavy (non-hydrogen) atoms. The van der Waals surface area contributed by atoms with Gasteiger partial charge in [0.05, 0.1) is 24.3 Å². The maximum absolute atomic E-state index is 10.5. The zero-order valence-corrected chi connectivity index (χ0v) is 7.70. The van der Waals surface area contributed by atoms with Crippen molar-refractivity contribution < 1.29 is 9.53 Å². The third-order valence-corrected chi connectivity index (χ3v) is 1.69. The highest BCUT2D eigenvalue weighted by Gasteiger charge is 2.03. The molecule has 0 aromatic carbocycles. The molecule has 0 bridgehead atoms. The van der Waals surface area contributed by atoms with Crippen molar-refractivity contribution in [1.82, 2.24) is 14.8 Å². The zero-order chi connectivity index (χ0) is 10.7. The average Bonchev–Trinajstić information content (AvgIpc) is 2.67. The Morgan fingerprint density at radius 2 is 2.33 bits per heavy atom. The van der Waals surface area contributed by atoms with E-state index in [0.29, 0.717) is 5.75 Å². The fraction of sp³-hybridized carbons (Fsp3) is 0. The largest absolute Gasteiger partial charge is 0.410 e. The summed E-state index contributed by atoms with van der Waals surface area (Å²) >= 11 is 0. The number of carbonyl (C=O) groups excluding carboxylic acids is 1. The molecule has 2 heterocycles. The standard InChI is InChI=1S/C9H8N4O2/c10-9(14)15-8-5-12-13(6-8)7-2-1-3-11-4-7/h1-6H,(H2,10,14). The molecule has 0 atom stereocenters. The first-order valence-corrected chi connectivity index (χ1v) is 4.18. The molecule has 6 nitrogen and oxygen atoms in total. The van der Waals surface area contributed by atoms with Crippen molar-refractivity contribution >= 4 is 6.09 Å². The van der Waals surface area contributed by atoms with Crippen LogP contribution in [0, 0.1) is 0 Å². The summed E-state index contributed by atoms with van der Waals surface area (Å²) in [7, 11) is 0. The van der Waals surface area contributed by atoms with E-state index >= 15 is 0 Å². The van der Waals surface area contributed by atoms with Gasteiger partial charge in [-0.15, -0.1) is 0 Å². The van der Waals surface area contributed by atoms with Crippen molar-refractivity contribution in [2.45, 2.75) is 0 Å². The van der Waals surface area contributed by atoms with Gasteiger partial charge >= 0.3 is 6.09 Å². The summed E-state index contributed by atoms with van der Waals surface area (Å²) in [6.07, 6.45) is 5.38. The molecular weight excluding hydrogens is 196 g/mol. The van der Waals surface area contributed by atoms with Crippen LogP contribution in [0.5, 0.6) is 5.75 Å². The maximum Gasteiger partial charge on any atom is 0.410 e. The Labute approximate surface area is 85.3 Å². The predicted molar refractivity (Wildman–Crippen MR) is 51.6 cm³/mol. The quantitative estimate of drug-likeness (QED) is 0.781. The van der Waals surface area contributed by atoms with Gasteiger partial charge < -0.3 is 10.5 Å². The molecule has 2 N–H and O–H groups in total. The molecule has 0 saturated heterocycles. The van der Waals surface area contributed by atoms with Crippen LogP contribution in [0.15, 0.2) is 36.9 Å². The molecule has 0 aliphatic rings. The Morgan fingerprint density at radius 1 is 1.47 bits per heavy atom. The number of ether oxygens (including phenoxy) is 1. The third-order valence-electron chi connectivity index (χ3n) is 1.69. The monoisotopic (exact) mass is 204 g/mol. The van der Waals surface area contributed by atoms with Gasteiger partial charge in [-0.2, -0.15) is 5.10 Å². The Balaban J connectivity index is 2.24. The van der Waals surface area contributed by atoms with E-state index < -0.39 is 6.09 Å². The first-order chi connectivity index (χ1) is 7.25. The second-order valence-electron chi connectivity index (χ2n) is 2.75. The second kappa shape index (κ2) is 3.79. The highest BCUT2D eigenvalue weighted by atomic mass is 16.5. The van der Waals surface area contributed by atoms with Gasteiger partial charge in [-0.05, 0) is 12.1 Å². The van der Waals surface area contributed by atoms with E-state index in [1.807, 2.05) is 6.07 Å². The van der Waals surface area contributed by atoms with Gasteiger partial charge in [0.25, 0.3) is 0 Å². The molecule has 6 heteroatoms. The predicted octanol–water partition coefficient (Wildman–Crippen LogP) is 0.725. The lowest BCUT2D eigenvalue weighted by Crippen LogP contribution is -2.15. The highest BCUT2D eigenvalue weighted by Crippen LogP contribution is 2.12. The summed E-state index contributed by atoms with van der Waals surface area (Å²) in [6, 6.07) is 3.61. The van der Waals surface area contributed by atoms with Crippen LogP contribution < -0.4 is 10.5 Å². The molecule has 0 fully saturated rings. The maximum atomic E-state index is 10.5. The molecule has 2 aromatic heterocycles. The Bertz CT molecular complexity index is 466. The van der Waals surface area contributed by atoms with Crippen LogP contribution in [-0.2, 0) is 0 Å². The second-order valence-corrected chi connectivity index (χ2v) is 2.75. The van der Waals surface area contributed by atoms with E-state index in [2.05, 4.69) is 14.8 Å². The van der Waals surface area contributed by atoms with Crippen molar-refractivity contribution in [3.8, 4) is 11.4 Å². The molecule has 76 valence electrons. The van der Waals surface area contributed by atoms with E-state index in [4.69, 9.17) is 5.73 Å². The molecule has 0 radical (unpaired) electrons. The van der Waals surface area contributed by atoms with Gasteiger partial charge in [0.15, 0.2) is 5.75 Å². The van der Waals surface area contributed by atoms with Crippen molar-refractivity contribution in [1.29, 1.82) is 0 Å². The smallest absolute Gasteiger partial charge is 0.407 e. The fourth-order valence-corrected chi connectivity index (χ4v) is 1.11. The van der Waals surface area contributed by atoms with Crippen LogP contribution in [0.1, 0.15) is 0 Å². The van der Waals surface area contributed by atoms with Gasteiger partial charge in [0.1, 0.15) is 0 Å². The molecule has 0 aliphatic heterocycles. The van der Waals surface area contributed by atoms with E-state index in [0.717, 1.165) is 5.69 Å². The fourth-order valence-electron chi connectivity index (χ4n) is 1.11. The molecule has 2 aromatic rings. The number of carbonyl (C=O) groups is 1. The summed E-state index contributed by atoms with van der Waals surface area (Å²) < 4.78 is 6.18. The first-order valence-electron chi connectivity index (χ1n) is 4.18. The zero-order valence-electron chi connectivity index (χ0n) is 7.70. The summed E-state index contributed by atoms with van der Waals surface area (Å²) in [5.41, 5.74) is 5.64. The van der Waals surface area contributed by atoms with Gasteiger partial charge in [0.2, 0.25) is 0 Å². The lowest BCUT2D eigenvalue weighted by atomic mass is 10.4. The summed E-state index contributed by atoms with van der Waals surface area (Å²) in [4.78, 5) is 14.4. The number of primary amides is 1. The molecule has 0 aliphatic carbocycles. The van der Waals surface area contributed by atoms with Crippen LogP contribution >= 0.6 is 0 Å². The minimum absolute atomic E-state index is 0.298. The normalized spacial score (nSPS) is 9.87. The van der Waals surface area contributed by atoms with E-state index in [1.54, 1.807) is 24.7 Å². The highest BCUT2D eigenvalue weighted by molar-refractivity contribution is 5.67. The molecule has 0 spiro atoms. The molecule has 2 rings (SSSR count). The van der Waals surface area contributed by atoms with Crippen molar-refractivity contribution in [2.24, 2.45) is 5.73 Å². The van der Waals surface area contributed by atoms with Gasteiger partial charge in [-0.1, -0.05) is 0 Å². The Morgan fingerprint density at radius 3 is 3.00 bits per heavy atom. The van der Waals surface area contributed by atoms with E-state index in [1.165, 1.54) is 10.9 Å². The van der Waals surface area contributed by atoms with Crippen LogP contribution in [0.4, 0.5) is 4.79 Å². The molecule has 0 unspecified atom stereocenters. The number of pyridine rings is 1. The third kappa shape index (κ3) is 2.11. The molecular formula is C9H8N4O2.